The third-order valence-electron chi connectivity index (χ3n) is 4.13. The van der Waals surface area contributed by atoms with Crippen LogP contribution in [0.25, 0.3) is 0 Å². The first-order valence-corrected chi connectivity index (χ1v) is 8.29. The van der Waals surface area contributed by atoms with Crippen molar-refractivity contribution < 1.29 is 27.9 Å². The number of rotatable bonds is 3. The molecule has 0 spiro atoms. The molecule has 1 atom stereocenters. The number of nitrogens with zero attached hydrogens (tertiary/aromatic N) is 3. The number of hydrogen-bond acceptors (Lipinski definition) is 4. The van der Waals surface area contributed by atoms with Crippen LogP contribution < -0.4 is 5.73 Å². The van der Waals surface area contributed by atoms with Crippen LogP contribution in [0.2, 0.25) is 0 Å². The number of carbonyl (C=O) groups is 2. The van der Waals surface area contributed by atoms with Gasteiger partial charge in [0, 0.05) is 37.8 Å². The van der Waals surface area contributed by atoms with E-state index in [1.807, 2.05) is 23.6 Å². The first-order chi connectivity index (χ1) is 11.9. The summed E-state index contributed by atoms with van der Waals surface area (Å²) in [6.45, 7) is 7.63. The van der Waals surface area contributed by atoms with Gasteiger partial charge in [-0.1, -0.05) is 20.8 Å². The highest BCUT2D eigenvalue weighted by Gasteiger charge is 2.38. The molecule has 1 aliphatic rings. The Labute approximate surface area is 149 Å². The molecule has 2 rings (SSSR count). The molecule has 0 bridgehead atoms. The maximum absolute atomic E-state index is 12.2. The lowest BCUT2D eigenvalue weighted by Gasteiger charge is -2.30. The smallest absolute Gasteiger partial charge is 0.475 e. The molecule has 1 aliphatic heterocycles. The van der Waals surface area contributed by atoms with Crippen molar-refractivity contribution in [2.75, 3.05) is 6.54 Å². The van der Waals surface area contributed by atoms with E-state index in [4.69, 9.17) is 15.6 Å². The van der Waals surface area contributed by atoms with Crippen LogP contribution in [0, 0.1) is 0 Å². The molecule has 148 valence electrons. The molecule has 3 N–H and O–H groups in total. The van der Waals surface area contributed by atoms with Gasteiger partial charge in [0.05, 0.1) is 11.7 Å². The highest BCUT2D eigenvalue weighted by molar-refractivity contribution is 5.81. The van der Waals surface area contributed by atoms with E-state index in [-0.39, 0.29) is 11.9 Å². The van der Waals surface area contributed by atoms with Crippen LogP contribution >= 0.6 is 0 Å². The predicted octanol–water partition coefficient (Wildman–Crippen LogP) is 1.80. The number of carboxylic acids is 1. The number of amides is 1. The first-order valence-electron chi connectivity index (χ1n) is 8.29. The van der Waals surface area contributed by atoms with E-state index in [1.165, 1.54) is 11.3 Å². The number of carboxylic acid groups (broad SMARTS) is 1. The van der Waals surface area contributed by atoms with Gasteiger partial charge in [0.1, 0.15) is 0 Å². The fourth-order valence-electron chi connectivity index (χ4n) is 2.68. The SMILES string of the molecule is CCC(N)C(=O)N1CCc2c(c(C(C)C)nn2C)C1.O=C(O)C(F)(F)F. The molecule has 0 aromatic carbocycles. The van der Waals surface area contributed by atoms with E-state index in [0.717, 1.165) is 18.7 Å². The molecule has 1 aromatic heterocycles. The van der Waals surface area contributed by atoms with Gasteiger partial charge in [-0.2, -0.15) is 18.3 Å². The maximum Gasteiger partial charge on any atom is 0.490 e. The Kier molecular flexibility index (Phi) is 7.19. The van der Waals surface area contributed by atoms with Gasteiger partial charge in [-0.15, -0.1) is 0 Å². The van der Waals surface area contributed by atoms with E-state index < -0.39 is 12.1 Å². The third-order valence-corrected chi connectivity index (χ3v) is 4.13. The van der Waals surface area contributed by atoms with Crippen LogP contribution in [0.4, 0.5) is 13.2 Å². The van der Waals surface area contributed by atoms with Crippen molar-refractivity contribution in [3.05, 3.63) is 17.0 Å². The minimum Gasteiger partial charge on any atom is -0.475 e. The molecule has 0 aliphatic carbocycles. The molecule has 0 radical (unpaired) electrons. The van der Waals surface area contributed by atoms with Gasteiger partial charge < -0.3 is 15.7 Å². The van der Waals surface area contributed by atoms with Crippen LogP contribution in [-0.2, 0) is 29.6 Å². The standard InChI is InChI=1S/C14H24N4O.C2HF3O2/c1-5-11(15)14(19)18-7-6-12-10(8-18)13(9(2)3)16-17(12)4;3-2(4,5)1(6)7/h9,11H,5-8,15H2,1-4H3;(H,6,7). The Hall–Kier alpha value is -2.10. The van der Waals surface area contributed by atoms with Crippen molar-refractivity contribution in [3.63, 3.8) is 0 Å². The lowest BCUT2D eigenvalue weighted by Crippen LogP contribution is -2.45. The zero-order valence-electron chi connectivity index (χ0n) is 15.3. The summed E-state index contributed by atoms with van der Waals surface area (Å²) < 4.78 is 33.7. The quantitative estimate of drug-likeness (QED) is 0.835. The van der Waals surface area contributed by atoms with Gasteiger partial charge in [-0.3, -0.25) is 9.48 Å². The molecule has 10 heteroatoms. The highest BCUT2D eigenvalue weighted by Crippen LogP contribution is 2.27. The van der Waals surface area contributed by atoms with E-state index >= 15 is 0 Å². The van der Waals surface area contributed by atoms with E-state index in [9.17, 15) is 18.0 Å². The summed E-state index contributed by atoms with van der Waals surface area (Å²) in [5, 5.41) is 11.7. The van der Waals surface area contributed by atoms with Crippen LogP contribution in [0.3, 0.4) is 0 Å². The molecule has 0 saturated carbocycles. The van der Waals surface area contributed by atoms with Crippen molar-refractivity contribution in [3.8, 4) is 0 Å². The number of halogens is 3. The average Bonchev–Trinajstić information content (AvgIpc) is 2.89. The van der Waals surface area contributed by atoms with E-state index in [1.54, 1.807) is 0 Å². The van der Waals surface area contributed by atoms with Gasteiger partial charge >= 0.3 is 12.1 Å². The highest BCUT2D eigenvalue weighted by atomic mass is 19.4. The fourth-order valence-corrected chi connectivity index (χ4v) is 2.68. The Morgan fingerprint density at radius 2 is 1.88 bits per heavy atom. The molecule has 2 heterocycles. The number of aliphatic carboxylic acids is 1. The van der Waals surface area contributed by atoms with Crippen LogP contribution in [0.15, 0.2) is 0 Å². The third kappa shape index (κ3) is 5.20. The second kappa shape index (κ2) is 8.52. The minimum absolute atomic E-state index is 0.0618. The maximum atomic E-state index is 12.2. The minimum atomic E-state index is -5.08. The van der Waals surface area contributed by atoms with Crippen molar-refractivity contribution >= 4 is 11.9 Å². The normalized spacial score (nSPS) is 15.2. The number of carbonyl (C=O) groups excluding carboxylic acids is 1. The Bertz CT molecular complexity index is 656. The molecule has 0 saturated heterocycles. The first kappa shape index (κ1) is 21.9. The topological polar surface area (TPSA) is 101 Å². The summed E-state index contributed by atoms with van der Waals surface area (Å²) in [6.07, 6.45) is -3.53. The zero-order chi connectivity index (χ0) is 20.2. The summed E-state index contributed by atoms with van der Waals surface area (Å²) in [7, 11) is 1.99. The predicted molar refractivity (Wildman–Crippen MR) is 88.4 cm³/mol. The number of nitrogens with two attached hydrogens (primary N) is 1. The summed E-state index contributed by atoms with van der Waals surface area (Å²) in [4.78, 5) is 23.0. The molecule has 1 aromatic rings. The molecule has 1 unspecified atom stereocenters. The fraction of sp³-hybridized carbons (Fsp3) is 0.688. The Morgan fingerprint density at radius 1 is 1.35 bits per heavy atom. The molecule has 0 fully saturated rings. The van der Waals surface area contributed by atoms with Crippen molar-refractivity contribution in [1.29, 1.82) is 0 Å². The van der Waals surface area contributed by atoms with Crippen LogP contribution in [0.5, 0.6) is 0 Å². The van der Waals surface area contributed by atoms with Crippen molar-refractivity contribution in [1.82, 2.24) is 14.7 Å². The van der Waals surface area contributed by atoms with Gasteiger partial charge in [0.2, 0.25) is 5.91 Å². The molecule has 26 heavy (non-hydrogen) atoms. The molecule has 1 amide bonds. The Morgan fingerprint density at radius 3 is 2.31 bits per heavy atom. The molecular formula is C16H25F3N4O3. The largest absolute Gasteiger partial charge is 0.490 e. The van der Waals surface area contributed by atoms with Crippen molar-refractivity contribution in [2.24, 2.45) is 12.8 Å². The molecule has 7 nitrogen and oxygen atoms in total. The number of aromatic nitrogens is 2. The number of aryl methyl sites for hydroxylation is 1. The monoisotopic (exact) mass is 378 g/mol. The van der Waals surface area contributed by atoms with Gasteiger partial charge in [-0.25, -0.2) is 4.79 Å². The van der Waals surface area contributed by atoms with Gasteiger partial charge in [0.25, 0.3) is 0 Å². The van der Waals surface area contributed by atoms with Crippen molar-refractivity contribution in [2.45, 2.75) is 58.3 Å². The number of alkyl halides is 3. The average molecular weight is 378 g/mol. The van der Waals surface area contributed by atoms with Crippen LogP contribution in [0.1, 0.15) is 50.1 Å². The van der Waals surface area contributed by atoms with E-state index in [2.05, 4.69) is 18.9 Å². The summed E-state index contributed by atoms with van der Waals surface area (Å²) in [5.41, 5.74) is 9.45. The van der Waals surface area contributed by atoms with Crippen LogP contribution in [-0.4, -0.2) is 50.4 Å². The summed E-state index contributed by atoms with van der Waals surface area (Å²) in [5.74, 6) is -2.32. The van der Waals surface area contributed by atoms with Gasteiger partial charge in [-0.05, 0) is 12.3 Å². The van der Waals surface area contributed by atoms with E-state index in [0.29, 0.717) is 18.9 Å². The zero-order valence-corrected chi connectivity index (χ0v) is 15.3. The Balaban J connectivity index is 0.000000412. The second-order valence-electron chi connectivity index (χ2n) is 6.42. The van der Waals surface area contributed by atoms with Gasteiger partial charge in [0.15, 0.2) is 0 Å². The number of hydrogen-bond donors (Lipinski definition) is 2. The lowest BCUT2D eigenvalue weighted by molar-refractivity contribution is -0.192. The second-order valence-corrected chi connectivity index (χ2v) is 6.42. The summed E-state index contributed by atoms with van der Waals surface area (Å²) in [6, 6.07) is -0.374. The summed E-state index contributed by atoms with van der Waals surface area (Å²) >= 11 is 0. The molecular weight excluding hydrogens is 353 g/mol. The number of fused-ring (bicyclic) bond motifs is 1. The lowest BCUT2D eigenvalue weighted by atomic mass is 9.98.